The van der Waals surface area contributed by atoms with Gasteiger partial charge in [-0.25, -0.2) is 12.8 Å². The molecule has 2 saturated heterocycles. The second-order valence-electron chi connectivity index (χ2n) is 14.0. The molecule has 2 fully saturated rings. The molecule has 3 atom stereocenters. The van der Waals surface area contributed by atoms with Crippen LogP contribution in [0.1, 0.15) is 64.0 Å². The highest BCUT2D eigenvalue weighted by molar-refractivity contribution is 7.89. The molecule has 0 radical (unpaired) electrons. The van der Waals surface area contributed by atoms with Gasteiger partial charge in [0.05, 0.1) is 22.1 Å². The highest BCUT2D eigenvalue weighted by Gasteiger charge is 2.45. The summed E-state index contributed by atoms with van der Waals surface area (Å²) < 4.78 is 50.3. The van der Waals surface area contributed by atoms with Gasteiger partial charge < -0.3 is 21.1 Å². The van der Waals surface area contributed by atoms with Gasteiger partial charge in [-0.2, -0.15) is 4.31 Å². The fourth-order valence-corrected chi connectivity index (χ4v) is 9.33. The Balaban J connectivity index is 1.37. The molecule has 2 heterocycles. The van der Waals surface area contributed by atoms with Crippen LogP contribution in [-0.2, 0) is 26.0 Å². The molecule has 2 aliphatic rings. The normalized spacial score (nSPS) is 21.6. The molecule has 0 aromatic heterocycles. The number of nitrogens with one attached hydrogen (secondary N) is 2. The van der Waals surface area contributed by atoms with E-state index in [0.717, 1.165) is 5.56 Å². The Labute approximate surface area is 283 Å². The van der Waals surface area contributed by atoms with Crippen molar-refractivity contribution in [3.05, 3.63) is 94.8 Å². The third-order valence-electron chi connectivity index (χ3n) is 9.26. The van der Waals surface area contributed by atoms with Crippen molar-refractivity contribution in [2.45, 2.75) is 87.5 Å². The van der Waals surface area contributed by atoms with Crippen LogP contribution in [0.15, 0.2) is 77.7 Å². The van der Waals surface area contributed by atoms with Crippen molar-refractivity contribution < 1.29 is 22.3 Å². The van der Waals surface area contributed by atoms with Crippen LogP contribution in [0.4, 0.5) is 10.1 Å². The minimum atomic E-state index is -3.74. The number of benzene rings is 3. The van der Waals surface area contributed by atoms with Crippen molar-refractivity contribution in [1.29, 1.82) is 0 Å². The number of halogens is 2. The minimum absolute atomic E-state index is 0.0269. The Morgan fingerprint density at radius 3 is 2.36 bits per heavy atom. The lowest BCUT2D eigenvalue weighted by atomic mass is 9.69. The minimum Gasteiger partial charge on any atom is -0.370 e. The number of hydrogen-bond donors (Lipinski definition) is 3. The third-order valence-corrected chi connectivity index (χ3v) is 11.5. The number of amides is 1. The summed E-state index contributed by atoms with van der Waals surface area (Å²) in [5.74, 6) is -1.22. The molecule has 0 bridgehead atoms. The maximum Gasteiger partial charge on any atom is 0.243 e. The van der Waals surface area contributed by atoms with Gasteiger partial charge in [-0.1, -0.05) is 48.0 Å². The van der Waals surface area contributed by atoms with Crippen LogP contribution >= 0.6 is 11.6 Å². The second kappa shape index (κ2) is 14.3. The van der Waals surface area contributed by atoms with Gasteiger partial charge in [-0.15, -0.1) is 0 Å². The van der Waals surface area contributed by atoms with E-state index in [1.165, 1.54) is 10.4 Å². The van der Waals surface area contributed by atoms with Gasteiger partial charge in [0.25, 0.3) is 0 Å². The summed E-state index contributed by atoms with van der Waals surface area (Å²) in [6.45, 7) is 9.49. The number of carbonyl (C=O) groups excluding carboxylic acids is 1. The Hall–Kier alpha value is -2.86. The molecular formula is C36H46ClFN4O4S. The van der Waals surface area contributed by atoms with Crippen molar-refractivity contribution >= 4 is 33.2 Å². The zero-order valence-corrected chi connectivity index (χ0v) is 29.1. The molecule has 5 rings (SSSR count). The van der Waals surface area contributed by atoms with E-state index >= 15 is 4.39 Å². The summed E-state index contributed by atoms with van der Waals surface area (Å²) in [5.41, 5.74) is 7.53. The lowest BCUT2D eigenvalue weighted by Gasteiger charge is -2.48. The van der Waals surface area contributed by atoms with Crippen LogP contribution in [0.25, 0.3) is 0 Å². The number of sulfonamides is 1. The number of piperazine rings is 1. The average molecular weight is 685 g/mol. The second-order valence-corrected chi connectivity index (χ2v) is 16.3. The van der Waals surface area contributed by atoms with E-state index in [0.29, 0.717) is 55.2 Å². The number of hydrogen-bond acceptors (Lipinski definition) is 6. The SMILES string of the molecule is CC1(C)CC(C(c2ccc(Cl)cc2)C(N)C(=O)Nc2cccc(F)c2CCC2CNCCN2S(=O)(=O)c2ccccc2)CC(C)(C)O1. The first-order chi connectivity index (χ1) is 22.2. The zero-order valence-electron chi connectivity index (χ0n) is 27.5. The quantitative estimate of drug-likeness (QED) is 0.238. The summed E-state index contributed by atoms with van der Waals surface area (Å²) in [6, 6.07) is 19.0. The molecule has 1 amide bonds. The van der Waals surface area contributed by atoms with Crippen molar-refractivity contribution in [3.8, 4) is 0 Å². The molecule has 11 heteroatoms. The van der Waals surface area contributed by atoms with Gasteiger partial charge in [0.15, 0.2) is 0 Å². The molecule has 0 aliphatic carbocycles. The molecule has 254 valence electrons. The summed E-state index contributed by atoms with van der Waals surface area (Å²) in [7, 11) is -3.74. The van der Waals surface area contributed by atoms with Gasteiger partial charge in [0.2, 0.25) is 15.9 Å². The first-order valence-electron chi connectivity index (χ1n) is 16.2. The Morgan fingerprint density at radius 1 is 1.04 bits per heavy atom. The number of nitrogens with two attached hydrogens (primary N) is 1. The van der Waals surface area contributed by atoms with Crippen LogP contribution in [0.5, 0.6) is 0 Å². The molecular weight excluding hydrogens is 639 g/mol. The fourth-order valence-electron chi connectivity index (χ4n) is 7.53. The summed E-state index contributed by atoms with van der Waals surface area (Å²) >= 11 is 6.22. The largest absolute Gasteiger partial charge is 0.370 e. The van der Waals surface area contributed by atoms with E-state index in [-0.39, 0.29) is 23.2 Å². The highest BCUT2D eigenvalue weighted by Crippen LogP contribution is 2.46. The maximum atomic E-state index is 15.4. The van der Waals surface area contributed by atoms with Gasteiger partial charge >= 0.3 is 0 Å². The fraction of sp³-hybridized carbons (Fsp3) is 0.472. The third kappa shape index (κ3) is 8.42. The maximum absolute atomic E-state index is 15.4. The predicted octanol–water partition coefficient (Wildman–Crippen LogP) is 6.11. The average Bonchev–Trinajstić information content (AvgIpc) is 3.01. The van der Waals surface area contributed by atoms with E-state index < -0.39 is 45.0 Å². The molecule has 47 heavy (non-hydrogen) atoms. The van der Waals surface area contributed by atoms with E-state index in [1.54, 1.807) is 54.6 Å². The van der Waals surface area contributed by atoms with Gasteiger partial charge in [-0.05, 0) is 101 Å². The van der Waals surface area contributed by atoms with Crippen LogP contribution in [0, 0.1) is 11.7 Å². The predicted molar refractivity (Wildman–Crippen MR) is 184 cm³/mol. The smallest absolute Gasteiger partial charge is 0.243 e. The summed E-state index contributed by atoms with van der Waals surface area (Å²) in [5, 5.41) is 6.80. The molecule has 2 aliphatic heterocycles. The lowest BCUT2D eigenvalue weighted by Crippen LogP contribution is -2.53. The molecule has 3 unspecified atom stereocenters. The molecule has 0 spiro atoms. The van der Waals surface area contributed by atoms with Crippen molar-refractivity contribution in [3.63, 3.8) is 0 Å². The Bertz CT molecular complexity index is 1640. The highest BCUT2D eigenvalue weighted by atomic mass is 35.5. The molecule has 3 aromatic rings. The first-order valence-corrected chi connectivity index (χ1v) is 18.1. The number of carbonyl (C=O) groups is 1. The van der Waals surface area contributed by atoms with Crippen LogP contribution in [-0.4, -0.2) is 61.6 Å². The van der Waals surface area contributed by atoms with Crippen LogP contribution in [0.3, 0.4) is 0 Å². The summed E-state index contributed by atoms with van der Waals surface area (Å²) in [6.07, 6.45) is 1.98. The van der Waals surface area contributed by atoms with Gasteiger partial charge in [0.1, 0.15) is 5.82 Å². The van der Waals surface area contributed by atoms with E-state index in [2.05, 4.69) is 38.3 Å². The number of anilines is 1. The Kier molecular flexibility index (Phi) is 10.8. The van der Waals surface area contributed by atoms with Gasteiger partial charge in [0, 0.05) is 47.9 Å². The standard InChI is InChI=1S/C36H46ClFN4O4S/c1-35(2)21-25(22-36(3,4)46-35)32(24-13-15-26(37)16-14-24)33(39)34(43)41-31-12-8-11-30(38)29(31)18-17-27-23-40-19-20-42(27)47(44,45)28-9-6-5-7-10-28/h5-16,25,27,32-33,40H,17-23,39H2,1-4H3,(H,41,43). The number of ether oxygens (including phenoxy) is 1. The molecule has 3 aromatic carbocycles. The van der Waals surface area contributed by atoms with Crippen LogP contribution < -0.4 is 16.4 Å². The Morgan fingerprint density at radius 2 is 1.70 bits per heavy atom. The number of rotatable bonds is 10. The van der Waals surface area contributed by atoms with Crippen LogP contribution in [0.2, 0.25) is 5.02 Å². The van der Waals surface area contributed by atoms with Crippen molar-refractivity contribution in [2.24, 2.45) is 11.7 Å². The number of nitrogens with zero attached hydrogens (tertiary/aromatic N) is 1. The van der Waals surface area contributed by atoms with Gasteiger partial charge in [-0.3, -0.25) is 4.79 Å². The monoisotopic (exact) mass is 684 g/mol. The molecule has 4 N–H and O–H groups in total. The molecule has 8 nitrogen and oxygen atoms in total. The van der Waals surface area contributed by atoms with Crippen molar-refractivity contribution in [1.82, 2.24) is 9.62 Å². The van der Waals surface area contributed by atoms with Crippen molar-refractivity contribution in [2.75, 3.05) is 25.0 Å². The van der Waals surface area contributed by atoms with E-state index in [4.69, 9.17) is 22.1 Å². The topological polar surface area (TPSA) is 114 Å². The lowest BCUT2D eigenvalue weighted by molar-refractivity contribution is -0.176. The summed E-state index contributed by atoms with van der Waals surface area (Å²) in [4.78, 5) is 14.2. The zero-order chi connectivity index (χ0) is 34.0. The molecule has 0 saturated carbocycles. The van der Waals surface area contributed by atoms with E-state index in [1.807, 2.05) is 12.1 Å². The van der Waals surface area contributed by atoms with E-state index in [9.17, 15) is 13.2 Å². The first kappa shape index (κ1) is 35.4.